The molecule has 0 saturated carbocycles. The second-order valence-electron chi connectivity index (χ2n) is 4.14. The summed E-state index contributed by atoms with van der Waals surface area (Å²) in [6.07, 6.45) is 0. The number of hydrogen-bond donors (Lipinski definition) is 1. The minimum absolute atomic E-state index is 0.0264. The van der Waals surface area contributed by atoms with Crippen molar-refractivity contribution in [1.82, 2.24) is 14.1 Å². The summed E-state index contributed by atoms with van der Waals surface area (Å²) in [7, 11) is -0.458. The molecule has 1 aromatic heterocycles. The van der Waals surface area contributed by atoms with E-state index in [1.165, 1.54) is 16.0 Å². The van der Waals surface area contributed by atoms with Gasteiger partial charge in [-0.05, 0) is 13.8 Å². The first-order valence-electron chi connectivity index (χ1n) is 5.07. The van der Waals surface area contributed by atoms with Gasteiger partial charge in [0, 0.05) is 20.6 Å². The third-order valence-electron chi connectivity index (χ3n) is 2.47. The van der Waals surface area contributed by atoms with E-state index < -0.39 is 10.0 Å². The van der Waals surface area contributed by atoms with Crippen LogP contribution in [-0.4, -0.2) is 36.1 Å². The van der Waals surface area contributed by atoms with Crippen LogP contribution in [0.15, 0.2) is 17.0 Å². The van der Waals surface area contributed by atoms with E-state index in [1.54, 1.807) is 20.9 Å². The van der Waals surface area contributed by atoms with Gasteiger partial charge in [-0.2, -0.15) is 9.40 Å². The zero-order chi connectivity index (χ0) is 13.4. The lowest BCUT2D eigenvalue weighted by Gasteiger charge is -2.17. The van der Waals surface area contributed by atoms with E-state index >= 15 is 0 Å². The van der Waals surface area contributed by atoms with Gasteiger partial charge < -0.3 is 5.73 Å². The third kappa shape index (κ3) is 2.50. The van der Waals surface area contributed by atoms with Crippen molar-refractivity contribution in [2.75, 3.05) is 19.3 Å². The molecule has 0 saturated heterocycles. The van der Waals surface area contributed by atoms with Crippen molar-refractivity contribution in [3.05, 3.63) is 17.8 Å². The predicted octanol–water partition coefficient (Wildman–Crippen LogP) is 0.507. The molecule has 2 N–H and O–H groups in total. The Hall–Kier alpha value is -1.34. The van der Waals surface area contributed by atoms with Crippen molar-refractivity contribution in [3.8, 4) is 0 Å². The summed E-state index contributed by atoms with van der Waals surface area (Å²) in [5, 5.41) is 3.90. The maximum Gasteiger partial charge on any atom is 0.248 e. The molecule has 1 aromatic rings. The van der Waals surface area contributed by atoms with Crippen LogP contribution in [0.5, 0.6) is 0 Å². The number of hydrogen-bond acceptors (Lipinski definition) is 4. The molecule has 17 heavy (non-hydrogen) atoms. The number of nitrogens with zero attached hydrogens (tertiary/aromatic N) is 3. The highest BCUT2D eigenvalue weighted by Crippen LogP contribution is 2.24. The lowest BCUT2D eigenvalue weighted by Crippen LogP contribution is -2.29. The van der Waals surface area contributed by atoms with Gasteiger partial charge in [0.05, 0.1) is 5.69 Å². The average Bonchev–Trinajstić information content (AvgIpc) is 2.39. The van der Waals surface area contributed by atoms with Crippen LogP contribution in [0.4, 0.5) is 5.82 Å². The molecule has 0 aliphatic heterocycles. The van der Waals surface area contributed by atoms with Gasteiger partial charge in [0.15, 0.2) is 5.82 Å². The fourth-order valence-corrected chi connectivity index (χ4v) is 3.07. The number of nitrogens with two attached hydrogens (primary N) is 1. The Kier molecular flexibility index (Phi) is 3.63. The van der Waals surface area contributed by atoms with Gasteiger partial charge in [-0.3, -0.25) is 4.68 Å². The zero-order valence-electron chi connectivity index (χ0n) is 10.6. The quantitative estimate of drug-likeness (QED) is 0.798. The molecule has 0 amide bonds. The van der Waals surface area contributed by atoms with Crippen molar-refractivity contribution in [3.63, 3.8) is 0 Å². The fraction of sp³-hybridized carbons (Fsp3) is 0.500. The van der Waals surface area contributed by atoms with E-state index in [0.29, 0.717) is 5.69 Å². The molecular weight excluding hydrogens is 240 g/mol. The Morgan fingerprint density at radius 2 is 2.12 bits per heavy atom. The number of rotatable bonds is 4. The first-order chi connectivity index (χ1) is 7.67. The van der Waals surface area contributed by atoms with Crippen molar-refractivity contribution >= 4 is 15.8 Å². The van der Waals surface area contributed by atoms with Gasteiger partial charge >= 0.3 is 0 Å². The maximum absolute atomic E-state index is 12.3. The molecule has 1 rings (SSSR count). The molecule has 0 spiro atoms. The van der Waals surface area contributed by atoms with Crippen LogP contribution in [0.1, 0.15) is 12.6 Å². The van der Waals surface area contributed by atoms with E-state index in [4.69, 9.17) is 5.73 Å². The summed E-state index contributed by atoms with van der Waals surface area (Å²) in [5.74, 6) is 0.0264. The highest BCUT2D eigenvalue weighted by molar-refractivity contribution is 7.89. The van der Waals surface area contributed by atoms with E-state index in [0.717, 1.165) is 5.57 Å². The first-order valence-corrected chi connectivity index (χ1v) is 6.51. The van der Waals surface area contributed by atoms with Gasteiger partial charge in [-0.15, -0.1) is 0 Å². The zero-order valence-corrected chi connectivity index (χ0v) is 11.4. The topological polar surface area (TPSA) is 81.2 Å². The second kappa shape index (κ2) is 4.50. The summed E-state index contributed by atoms with van der Waals surface area (Å²) in [4.78, 5) is 0.0729. The molecule has 0 unspecified atom stereocenters. The summed E-state index contributed by atoms with van der Waals surface area (Å²) in [6.45, 7) is 7.39. The van der Waals surface area contributed by atoms with Crippen molar-refractivity contribution in [2.45, 2.75) is 18.7 Å². The van der Waals surface area contributed by atoms with E-state index in [1.807, 2.05) is 0 Å². The number of aryl methyl sites for hydroxylation is 1. The molecule has 96 valence electrons. The minimum Gasteiger partial charge on any atom is -0.381 e. The lowest BCUT2D eigenvalue weighted by atomic mass is 10.4. The second-order valence-corrected chi connectivity index (χ2v) is 6.12. The van der Waals surface area contributed by atoms with Crippen LogP contribution >= 0.6 is 0 Å². The van der Waals surface area contributed by atoms with Crippen LogP contribution in [0.25, 0.3) is 0 Å². The van der Waals surface area contributed by atoms with Gasteiger partial charge in [-0.25, -0.2) is 8.42 Å². The Morgan fingerprint density at radius 1 is 1.59 bits per heavy atom. The Morgan fingerprint density at radius 3 is 2.47 bits per heavy atom. The summed E-state index contributed by atoms with van der Waals surface area (Å²) in [6, 6.07) is 0. The highest BCUT2D eigenvalue weighted by Gasteiger charge is 2.28. The molecule has 6 nitrogen and oxygen atoms in total. The smallest absolute Gasteiger partial charge is 0.248 e. The summed E-state index contributed by atoms with van der Waals surface area (Å²) in [5.41, 5.74) is 6.92. The van der Waals surface area contributed by atoms with E-state index in [2.05, 4.69) is 11.7 Å². The molecule has 0 radical (unpaired) electrons. The molecule has 0 atom stereocenters. The first kappa shape index (κ1) is 13.7. The average molecular weight is 258 g/mol. The molecule has 0 fully saturated rings. The van der Waals surface area contributed by atoms with Crippen LogP contribution in [0, 0.1) is 6.92 Å². The van der Waals surface area contributed by atoms with Crippen LogP contribution in [0.3, 0.4) is 0 Å². The highest BCUT2D eigenvalue weighted by atomic mass is 32.2. The monoisotopic (exact) mass is 258 g/mol. The molecule has 7 heteroatoms. The van der Waals surface area contributed by atoms with Crippen LogP contribution in [-0.2, 0) is 17.1 Å². The predicted molar refractivity (Wildman–Crippen MR) is 67.0 cm³/mol. The summed E-state index contributed by atoms with van der Waals surface area (Å²) < 4.78 is 27.2. The SMILES string of the molecule is C=C(C)CN(C)S(=O)(=O)c1c(N)nn(C)c1C. The van der Waals surface area contributed by atoms with Crippen molar-refractivity contribution in [1.29, 1.82) is 0 Å². The lowest BCUT2D eigenvalue weighted by molar-refractivity contribution is 0.492. The van der Waals surface area contributed by atoms with Gasteiger partial charge in [0.2, 0.25) is 10.0 Å². The molecule has 0 bridgehead atoms. The number of nitrogen functional groups attached to an aromatic ring is 1. The fourth-order valence-electron chi connectivity index (χ4n) is 1.55. The van der Waals surface area contributed by atoms with Gasteiger partial charge in [0.1, 0.15) is 4.90 Å². The largest absolute Gasteiger partial charge is 0.381 e. The van der Waals surface area contributed by atoms with Crippen LogP contribution in [0.2, 0.25) is 0 Å². The molecule has 1 heterocycles. The summed E-state index contributed by atoms with van der Waals surface area (Å²) >= 11 is 0. The standard InChI is InChI=1S/C10H18N4O2S/c1-7(2)6-13(4)17(15,16)9-8(3)14(5)12-10(9)11/h1,6H2,2-5H3,(H2,11,12). The Labute approximate surface area is 102 Å². The van der Waals surface area contributed by atoms with Crippen molar-refractivity contribution < 1.29 is 8.42 Å². The van der Waals surface area contributed by atoms with Crippen LogP contribution < -0.4 is 5.73 Å². The molecule has 0 aliphatic rings. The Balaban J connectivity index is 3.27. The van der Waals surface area contributed by atoms with Gasteiger partial charge in [0.25, 0.3) is 0 Å². The third-order valence-corrected chi connectivity index (χ3v) is 4.44. The number of sulfonamides is 1. The Bertz CT molecular complexity index is 545. The van der Waals surface area contributed by atoms with E-state index in [9.17, 15) is 8.42 Å². The molecular formula is C10H18N4O2S. The molecule has 0 aromatic carbocycles. The normalized spacial score (nSPS) is 12.1. The van der Waals surface area contributed by atoms with E-state index in [-0.39, 0.29) is 17.3 Å². The molecule has 0 aliphatic carbocycles. The maximum atomic E-state index is 12.3. The number of anilines is 1. The van der Waals surface area contributed by atoms with Gasteiger partial charge in [-0.1, -0.05) is 12.2 Å². The number of aromatic nitrogens is 2. The van der Waals surface area contributed by atoms with Crippen molar-refractivity contribution in [2.24, 2.45) is 7.05 Å². The number of likely N-dealkylation sites (N-methyl/N-ethyl adjacent to an activating group) is 1. The minimum atomic E-state index is -3.61.